The van der Waals surface area contributed by atoms with Crippen LogP contribution in [0.5, 0.6) is 5.75 Å². The summed E-state index contributed by atoms with van der Waals surface area (Å²) >= 11 is 1.61. The first kappa shape index (κ1) is 28.6. The van der Waals surface area contributed by atoms with E-state index in [9.17, 15) is 9.90 Å². The van der Waals surface area contributed by atoms with Crippen molar-refractivity contribution in [3.8, 4) is 5.75 Å². The molecule has 1 aromatic carbocycles. The van der Waals surface area contributed by atoms with Crippen molar-refractivity contribution in [2.75, 3.05) is 24.2 Å². The second kappa shape index (κ2) is 12.3. The van der Waals surface area contributed by atoms with Gasteiger partial charge in [-0.15, -0.1) is 5.10 Å². The number of hydrogen-bond donors (Lipinski definition) is 3. The van der Waals surface area contributed by atoms with Crippen LogP contribution >= 0.6 is 11.8 Å². The Hall–Kier alpha value is -2.96. The summed E-state index contributed by atoms with van der Waals surface area (Å²) in [6, 6.07) is 6.74. The summed E-state index contributed by atoms with van der Waals surface area (Å²) in [5.41, 5.74) is 2.29. The SMILES string of the molecule is CCCCNc1nc(SCCC)nc2c1nnn2[C@@H]1C[C@H](C(=O)NCCc2ccc(O)cc2)[C@H]2OC(C)(C)O[C@H]21. The number of phenolic OH excluding ortho intramolecular Hbond substituents is 1. The number of fused-ring (bicyclic) bond motifs is 2. The highest BCUT2D eigenvalue weighted by atomic mass is 32.2. The third-order valence-corrected chi connectivity index (χ3v) is 8.35. The minimum absolute atomic E-state index is 0.0715. The van der Waals surface area contributed by atoms with Crippen LogP contribution in [-0.2, 0) is 20.7 Å². The number of carbonyl (C=O) groups is 1. The molecule has 1 saturated carbocycles. The first-order chi connectivity index (χ1) is 19.3. The fourth-order valence-corrected chi connectivity index (χ4v) is 6.07. The van der Waals surface area contributed by atoms with Gasteiger partial charge in [0.05, 0.1) is 12.0 Å². The van der Waals surface area contributed by atoms with Crippen molar-refractivity contribution in [3.63, 3.8) is 0 Å². The highest BCUT2D eigenvalue weighted by Crippen LogP contribution is 2.47. The van der Waals surface area contributed by atoms with Gasteiger partial charge in [-0.25, -0.2) is 14.6 Å². The number of hydrogen-bond acceptors (Lipinski definition) is 10. The highest BCUT2D eigenvalue weighted by Gasteiger charge is 2.57. The zero-order valence-electron chi connectivity index (χ0n) is 23.6. The summed E-state index contributed by atoms with van der Waals surface area (Å²) in [5.74, 6) is 0.519. The number of carbonyl (C=O) groups excluding carboxylic acids is 1. The number of ether oxygens (including phenoxy) is 2. The molecule has 1 amide bonds. The van der Waals surface area contributed by atoms with Crippen LogP contribution in [0.15, 0.2) is 29.4 Å². The summed E-state index contributed by atoms with van der Waals surface area (Å²) in [4.78, 5) is 23.0. The minimum Gasteiger partial charge on any atom is -0.508 e. The third kappa shape index (κ3) is 6.18. The summed E-state index contributed by atoms with van der Waals surface area (Å²) < 4.78 is 14.4. The van der Waals surface area contributed by atoms with Gasteiger partial charge in [-0.2, -0.15) is 0 Å². The number of rotatable bonds is 12. The Balaban J connectivity index is 1.38. The van der Waals surface area contributed by atoms with E-state index in [-0.39, 0.29) is 23.8 Å². The first-order valence-corrected chi connectivity index (χ1v) is 15.2. The van der Waals surface area contributed by atoms with Gasteiger partial charge in [-0.1, -0.05) is 49.4 Å². The Labute approximate surface area is 238 Å². The standard InChI is InChI=1S/C28H39N7O4S/c1-5-7-13-29-24-21-25(32-27(31-24)40-15-6-2)35(34-33-21)20-16-19(22-23(20)39-28(3,4)38-22)26(37)30-14-12-17-8-10-18(36)11-9-17/h8-11,19-20,22-23,36H,5-7,12-16H2,1-4H3,(H,30,37)(H,29,31,32)/t19-,20+,22+,23-/m0/s1. The van der Waals surface area contributed by atoms with Crippen LogP contribution in [0.1, 0.15) is 65.0 Å². The fraction of sp³-hybridized carbons (Fsp3) is 0.607. The van der Waals surface area contributed by atoms with Gasteiger partial charge in [0.1, 0.15) is 18.0 Å². The molecule has 0 bridgehead atoms. The summed E-state index contributed by atoms with van der Waals surface area (Å²) in [7, 11) is 0. The quantitative estimate of drug-likeness (QED) is 0.166. The molecule has 0 spiro atoms. The maximum atomic E-state index is 13.4. The van der Waals surface area contributed by atoms with Crippen molar-refractivity contribution in [1.82, 2.24) is 30.3 Å². The maximum absolute atomic E-state index is 13.4. The lowest BCUT2D eigenvalue weighted by molar-refractivity contribution is -0.163. The van der Waals surface area contributed by atoms with Crippen LogP contribution in [0.25, 0.3) is 11.2 Å². The smallest absolute Gasteiger partial charge is 0.225 e. The van der Waals surface area contributed by atoms with Crippen molar-refractivity contribution in [1.29, 1.82) is 0 Å². The number of benzene rings is 1. The van der Waals surface area contributed by atoms with Crippen molar-refractivity contribution in [3.05, 3.63) is 29.8 Å². The third-order valence-electron chi connectivity index (χ3n) is 7.30. The number of aromatic hydroxyl groups is 1. The van der Waals surface area contributed by atoms with Gasteiger partial charge in [0.15, 0.2) is 27.9 Å². The van der Waals surface area contributed by atoms with E-state index in [0.717, 1.165) is 37.1 Å². The van der Waals surface area contributed by atoms with Crippen LogP contribution in [-0.4, -0.2) is 72.8 Å². The summed E-state index contributed by atoms with van der Waals surface area (Å²) in [6.07, 6.45) is 3.48. The molecule has 3 aromatic rings. The van der Waals surface area contributed by atoms with Crippen molar-refractivity contribution in [2.24, 2.45) is 5.92 Å². The Morgan fingerprint density at radius 2 is 1.90 bits per heavy atom. The van der Waals surface area contributed by atoms with E-state index in [1.165, 1.54) is 0 Å². The number of nitrogens with zero attached hydrogens (tertiary/aromatic N) is 5. The highest BCUT2D eigenvalue weighted by molar-refractivity contribution is 7.99. The molecule has 1 aliphatic carbocycles. The molecule has 2 fully saturated rings. The molecule has 2 aliphatic rings. The average Bonchev–Trinajstić information content (AvgIpc) is 3.59. The van der Waals surface area contributed by atoms with Crippen LogP contribution in [0.3, 0.4) is 0 Å². The van der Waals surface area contributed by atoms with Gasteiger partial charge in [-0.3, -0.25) is 4.79 Å². The number of nitrogens with one attached hydrogen (secondary N) is 2. The zero-order chi connectivity index (χ0) is 28.3. The lowest BCUT2D eigenvalue weighted by Gasteiger charge is -2.23. The average molecular weight is 570 g/mol. The molecule has 1 saturated heterocycles. The number of unbranched alkanes of at least 4 members (excludes halogenated alkanes) is 1. The van der Waals surface area contributed by atoms with E-state index in [1.807, 2.05) is 30.7 Å². The van der Waals surface area contributed by atoms with Gasteiger partial charge in [0, 0.05) is 18.8 Å². The van der Waals surface area contributed by atoms with Crippen LogP contribution < -0.4 is 10.6 Å². The molecular formula is C28H39N7O4S. The molecule has 216 valence electrons. The number of aromatic nitrogens is 5. The van der Waals surface area contributed by atoms with E-state index < -0.39 is 17.8 Å². The van der Waals surface area contributed by atoms with Crippen LogP contribution in [0.4, 0.5) is 5.82 Å². The van der Waals surface area contributed by atoms with E-state index in [0.29, 0.717) is 41.5 Å². The molecule has 5 rings (SSSR count). The number of amides is 1. The van der Waals surface area contributed by atoms with Gasteiger partial charge < -0.3 is 25.2 Å². The molecule has 3 heterocycles. The monoisotopic (exact) mass is 569 g/mol. The van der Waals surface area contributed by atoms with E-state index in [1.54, 1.807) is 23.9 Å². The lowest BCUT2D eigenvalue weighted by Crippen LogP contribution is -2.38. The van der Waals surface area contributed by atoms with E-state index in [2.05, 4.69) is 34.8 Å². The fourth-order valence-electron chi connectivity index (χ4n) is 5.37. The molecule has 12 heteroatoms. The van der Waals surface area contributed by atoms with Crippen molar-refractivity contribution < 1.29 is 19.4 Å². The topological polar surface area (TPSA) is 136 Å². The van der Waals surface area contributed by atoms with Gasteiger partial charge in [0.25, 0.3) is 0 Å². The number of thioether (sulfide) groups is 1. The predicted octanol–water partition coefficient (Wildman–Crippen LogP) is 4.08. The Kier molecular flexibility index (Phi) is 8.77. The zero-order valence-corrected chi connectivity index (χ0v) is 24.4. The number of anilines is 1. The Morgan fingerprint density at radius 1 is 1.12 bits per heavy atom. The first-order valence-electron chi connectivity index (χ1n) is 14.2. The maximum Gasteiger partial charge on any atom is 0.225 e. The van der Waals surface area contributed by atoms with E-state index >= 15 is 0 Å². The molecule has 1 aliphatic heterocycles. The minimum atomic E-state index is -0.820. The molecule has 2 aromatic heterocycles. The van der Waals surface area contributed by atoms with Gasteiger partial charge in [0.2, 0.25) is 5.91 Å². The second-order valence-electron chi connectivity index (χ2n) is 10.9. The molecule has 0 unspecified atom stereocenters. The molecule has 3 N–H and O–H groups in total. The molecule has 40 heavy (non-hydrogen) atoms. The molecule has 0 radical (unpaired) electrons. The van der Waals surface area contributed by atoms with Crippen LogP contribution in [0.2, 0.25) is 0 Å². The van der Waals surface area contributed by atoms with Gasteiger partial charge in [-0.05, 0) is 57.2 Å². The Morgan fingerprint density at radius 3 is 2.65 bits per heavy atom. The second-order valence-corrected chi connectivity index (χ2v) is 11.9. The van der Waals surface area contributed by atoms with Crippen molar-refractivity contribution >= 4 is 34.7 Å². The summed E-state index contributed by atoms with van der Waals surface area (Å²) in [6.45, 7) is 9.30. The number of phenols is 1. The molecular weight excluding hydrogens is 530 g/mol. The lowest BCUT2D eigenvalue weighted by atomic mass is 10.0. The molecule has 4 atom stereocenters. The van der Waals surface area contributed by atoms with Crippen LogP contribution in [0, 0.1) is 5.92 Å². The van der Waals surface area contributed by atoms with Crippen molar-refractivity contribution in [2.45, 2.75) is 89.0 Å². The van der Waals surface area contributed by atoms with E-state index in [4.69, 9.17) is 19.4 Å². The Bertz CT molecular complexity index is 1320. The molecule has 11 nitrogen and oxygen atoms in total. The predicted molar refractivity (Wildman–Crippen MR) is 153 cm³/mol. The largest absolute Gasteiger partial charge is 0.508 e. The summed E-state index contributed by atoms with van der Waals surface area (Å²) in [5, 5.41) is 25.7. The normalized spacial score (nSPS) is 23.4. The van der Waals surface area contributed by atoms with Gasteiger partial charge >= 0.3 is 0 Å².